The van der Waals surface area contributed by atoms with Crippen molar-refractivity contribution in [1.29, 1.82) is 0 Å². The first-order valence-corrected chi connectivity index (χ1v) is 8.85. The quantitative estimate of drug-likeness (QED) is 0.836. The molecule has 0 aromatic heterocycles. The second kappa shape index (κ2) is 7.56. The van der Waals surface area contributed by atoms with Gasteiger partial charge in [-0.3, -0.25) is 9.59 Å². The molecule has 132 valence electrons. The number of nitrogens with zero attached hydrogens (tertiary/aromatic N) is 2. The average molecular weight is 351 g/mol. The van der Waals surface area contributed by atoms with Crippen LogP contribution in [-0.2, 0) is 16.1 Å². The van der Waals surface area contributed by atoms with Gasteiger partial charge in [-0.25, -0.2) is 0 Å². The highest BCUT2D eigenvalue weighted by atomic mass is 35.5. The van der Waals surface area contributed by atoms with Crippen molar-refractivity contribution < 1.29 is 9.59 Å². The second-order valence-corrected chi connectivity index (χ2v) is 8.01. The third kappa shape index (κ3) is 4.50. The first kappa shape index (κ1) is 18.8. The van der Waals surface area contributed by atoms with E-state index in [2.05, 4.69) is 0 Å². The van der Waals surface area contributed by atoms with E-state index in [1.807, 2.05) is 57.0 Å². The zero-order valence-electron chi connectivity index (χ0n) is 15.0. The van der Waals surface area contributed by atoms with Crippen molar-refractivity contribution in [3.63, 3.8) is 0 Å². The molecular formula is C19H27ClN2O2. The fraction of sp³-hybridized carbons (Fsp3) is 0.579. The van der Waals surface area contributed by atoms with Crippen LogP contribution in [0.3, 0.4) is 0 Å². The molecule has 0 atom stereocenters. The predicted molar refractivity (Wildman–Crippen MR) is 96.7 cm³/mol. The maximum Gasteiger partial charge on any atom is 0.227 e. The van der Waals surface area contributed by atoms with E-state index in [0.29, 0.717) is 24.7 Å². The summed E-state index contributed by atoms with van der Waals surface area (Å²) in [7, 11) is 1.82. The van der Waals surface area contributed by atoms with Crippen molar-refractivity contribution in [1.82, 2.24) is 9.80 Å². The van der Waals surface area contributed by atoms with Crippen LogP contribution in [-0.4, -0.2) is 41.8 Å². The van der Waals surface area contributed by atoms with E-state index < -0.39 is 0 Å². The Bertz CT molecular complexity index is 602. The smallest absolute Gasteiger partial charge is 0.227 e. The Balaban J connectivity index is 1.90. The molecule has 0 spiro atoms. The summed E-state index contributed by atoms with van der Waals surface area (Å²) >= 11 is 6.17. The first-order chi connectivity index (χ1) is 11.2. The summed E-state index contributed by atoms with van der Waals surface area (Å²) in [6.45, 7) is 7.64. The SMILES string of the molecule is CN(Cc1ccccc1Cl)C(=O)C1CCN(C(=O)C(C)(C)C)CC1. The number of carbonyl (C=O) groups excluding carboxylic acids is 2. The average Bonchev–Trinajstić information content (AvgIpc) is 2.55. The molecule has 0 saturated carbocycles. The molecule has 1 fully saturated rings. The lowest BCUT2D eigenvalue weighted by Gasteiger charge is -2.36. The van der Waals surface area contributed by atoms with Gasteiger partial charge >= 0.3 is 0 Å². The zero-order valence-corrected chi connectivity index (χ0v) is 15.8. The molecule has 1 aromatic rings. The fourth-order valence-corrected chi connectivity index (χ4v) is 3.27. The maximum atomic E-state index is 12.7. The van der Waals surface area contributed by atoms with Gasteiger partial charge in [0.15, 0.2) is 0 Å². The molecule has 1 aliphatic heterocycles. The minimum Gasteiger partial charge on any atom is -0.342 e. The molecule has 1 saturated heterocycles. The molecule has 2 rings (SSSR count). The second-order valence-electron chi connectivity index (χ2n) is 7.60. The Kier molecular flexibility index (Phi) is 5.92. The Morgan fingerprint density at radius 2 is 1.79 bits per heavy atom. The summed E-state index contributed by atoms with van der Waals surface area (Å²) in [5.41, 5.74) is 0.591. The Morgan fingerprint density at radius 3 is 2.33 bits per heavy atom. The van der Waals surface area contributed by atoms with Crippen molar-refractivity contribution >= 4 is 23.4 Å². The van der Waals surface area contributed by atoms with Gasteiger partial charge in [-0.05, 0) is 24.5 Å². The number of amides is 2. The zero-order chi connectivity index (χ0) is 17.9. The van der Waals surface area contributed by atoms with Crippen LogP contribution < -0.4 is 0 Å². The van der Waals surface area contributed by atoms with Crippen LogP contribution in [0.1, 0.15) is 39.2 Å². The number of likely N-dealkylation sites (tertiary alicyclic amines) is 1. The number of piperidine rings is 1. The van der Waals surface area contributed by atoms with Gasteiger partial charge in [0, 0.05) is 43.0 Å². The van der Waals surface area contributed by atoms with Crippen LogP contribution in [0.5, 0.6) is 0 Å². The molecule has 0 aliphatic carbocycles. The minimum absolute atomic E-state index is 0.0125. The molecule has 0 unspecified atom stereocenters. The number of halogens is 1. The molecule has 24 heavy (non-hydrogen) atoms. The molecule has 1 heterocycles. The van der Waals surface area contributed by atoms with Gasteiger partial charge in [0.25, 0.3) is 0 Å². The van der Waals surface area contributed by atoms with Crippen LogP contribution in [0.15, 0.2) is 24.3 Å². The minimum atomic E-state index is -0.363. The highest BCUT2D eigenvalue weighted by Gasteiger charge is 2.33. The third-order valence-electron chi connectivity index (χ3n) is 4.51. The van der Waals surface area contributed by atoms with Gasteiger partial charge < -0.3 is 9.80 Å². The number of benzene rings is 1. The lowest BCUT2D eigenvalue weighted by molar-refractivity contribution is -0.144. The van der Waals surface area contributed by atoms with E-state index in [4.69, 9.17) is 11.6 Å². The van der Waals surface area contributed by atoms with E-state index in [9.17, 15) is 9.59 Å². The molecule has 0 radical (unpaired) electrons. The first-order valence-electron chi connectivity index (χ1n) is 8.48. The summed E-state index contributed by atoms with van der Waals surface area (Å²) in [5, 5.41) is 0.683. The van der Waals surface area contributed by atoms with Crippen LogP contribution in [0.4, 0.5) is 0 Å². The standard InChI is InChI=1S/C19H27ClN2O2/c1-19(2,3)18(24)22-11-9-14(10-12-22)17(23)21(4)13-15-7-5-6-8-16(15)20/h5-8,14H,9-13H2,1-4H3. The van der Waals surface area contributed by atoms with Crippen molar-refractivity contribution in [3.8, 4) is 0 Å². The lowest BCUT2D eigenvalue weighted by atomic mass is 9.90. The maximum absolute atomic E-state index is 12.7. The van der Waals surface area contributed by atoms with Gasteiger partial charge in [-0.1, -0.05) is 50.6 Å². The van der Waals surface area contributed by atoms with Crippen molar-refractivity contribution in [2.75, 3.05) is 20.1 Å². The van der Waals surface area contributed by atoms with Gasteiger partial charge in [-0.2, -0.15) is 0 Å². The molecule has 0 N–H and O–H groups in total. The van der Waals surface area contributed by atoms with Crippen LogP contribution in [0, 0.1) is 11.3 Å². The Labute approximate surface area is 149 Å². The number of hydrogen-bond donors (Lipinski definition) is 0. The highest BCUT2D eigenvalue weighted by Crippen LogP contribution is 2.25. The summed E-state index contributed by atoms with van der Waals surface area (Å²) < 4.78 is 0. The van der Waals surface area contributed by atoms with E-state index >= 15 is 0 Å². The molecule has 4 nitrogen and oxygen atoms in total. The number of rotatable bonds is 3. The molecule has 0 bridgehead atoms. The predicted octanol–water partition coefficient (Wildman–Crippen LogP) is 3.58. The molecule has 5 heteroatoms. The highest BCUT2D eigenvalue weighted by molar-refractivity contribution is 6.31. The summed E-state index contributed by atoms with van der Waals surface area (Å²) in [6, 6.07) is 7.59. The number of carbonyl (C=O) groups is 2. The molecular weight excluding hydrogens is 324 g/mol. The summed E-state index contributed by atoms with van der Waals surface area (Å²) in [6.07, 6.45) is 1.46. The number of hydrogen-bond acceptors (Lipinski definition) is 2. The topological polar surface area (TPSA) is 40.6 Å². The van der Waals surface area contributed by atoms with Gasteiger partial charge in [0.2, 0.25) is 11.8 Å². The van der Waals surface area contributed by atoms with Crippen LogP contribution in [0.25, 0.3) is 0 Å². The van der Waals surface area contributed by atoms with E-state index in [1.165, 1.54) is 0 Å². The fourth-order valence-electron chi connectivity index (χ4n) is 3.08. The molecule has 1 aromatic carbocycles. The summed E-state index contributed by atoms with van der Waals surface area (Å²) in [5.74, 6) is 0.289. The van der Waals surface area contributed by atoms with Gasteiger partial charge in [0.1, 0.15) is 0 Å². The van der Waals surface area contributed by atoms with Crippen molar-refractivity contribution in [2.24, 2.45) is 11.3 Å². The van der Waals surface area contributed by atoms with Crippen LogP contribution in [0.2, 0.25) is 5.02 Å². The normalized spacial score (nSPS) is 16.1. The van der Waals surface area contributed by atoms with Crippen molar-refractivity contribution in [2.45, 2.75) is 40.2 Å². The van der Waals surface area contributed by atoms with Gasteiger partial charge in [0.05, 0.1) is 0 Å². The van der Waals surface area contributed by atoms with Crippen LogP contribution >= 0.6 is 11.6 Å². The van der Waals surface area contributed by atoms with Gasteiger partial charge in [-0.15, -0.1) is 0 Å². The third-order valence-corrected chi connectivity index (χ3v) is 4.88. The van der Waals surface area contributed by atoms with Crippen molar-refractivity contribution in [3.05, 3.63) is 34.9 Å². The van der Waals surface area contributed by atoms with E-state index in [0.717, 1.165) is 18.4 Å². The summed E-state index contributed by atoms with van der Waals surface area (Å²) in [4.78, 5) is 28.6. The Hall–Kier alpha value is -1.55. The Morgan fingerprint density at radius 1 is 1.21 bits per heavy atom. The largest absolute Gasteiger partial charge is 0.342 e. The molecule has 2 amide bonds. The molecule has 1 aliphatic rings. The van der Waals surface area contributed by atoms with E-state index in [-0.39, 0.29) is 23.1 Å². The van der Waals surface area contributed by atoms with E-state index in [1.54, 1.807) is 4.90 Å². The lowest BCUT2D eigenvalue weighted by Crippen LogP contribution is -2.46. The monoisotopic (exact) mass is 350 g/mol.